The lowest BCUT2D eigenvalue weighted by Gasteiger charge is -2.16. The number of benzene rings is 2. The van der Waals surface area contributed by atoms with Crippen LogP contribution in [0.25, 0.3) is 0 Å². The largest absolute Gasteiger partial charge is 0.349 e. The van der Waals surface area contributed by atoms with Crippen LogP contribution in [0.2, 0.25) is 0 Å². The zero-order valence-electron chi connectivity index (χ0n) is 13.9. The molecule has 2 nitrogen and oxygen atoms in total. The van der Waals surface area contributed by atoms with Crippen LogP contribution in [0.4, 0.5) is 0 Å². The van der Waals surface area contributed by atoms with E-state index in [0.717, 1.165) is 18.6 Å². The first-order valence-electron chi connectivity index (χ1n) is 8.13. The fourth-order valence-corrected chi connectivity index (χ4v) is 3.38. The molecule has 1 N–H and O–H groups in total. The topological polar surface area (TPSA) is 29.1 Å². The molecule has 2 aromatic rings. The van der Waals surface area contributed by atoms with Gasteiger partial charge in [-0.2, -0.15) is 11.8 Å². The van der Waals surface area contributed by atoms with Gasteiger partial charge in [0.1, 0.15) is 0 Å². The Morgan fingerprint density at radius 1 is 1.09 bits per heavy atom. The van der Waals surface area contributed by atoms with Crippen molar-refractivity contribution >= 4 is 17.7 Å². The van der Waals surface area contributed by atoms with E-state index in [9.17, 15) is 4.79 Å². The van der Waals surface area contributed by atoms with Gasteiger partial charge in [0.25, 0.3) is 0 Å². The predicted octanol–water partition coefficient (Wildman–Crippen LogP) is 4.54. The predicted molar refractivity (Wildman–Crippen MR) is 99.8 cm³/mol. The number of carbonyl (C=O) groups excluding carboxylic acids is 1. The lowest BCUT2D eigenvalue weighted by molar-refractivity contribution is -0.119. The van der Waals surface area contributed by atoms with Gasteiger partial charge in [-0.25, -0.2) is 0 Å². The van der Waals surface area contributed by atoms with Gasteiger partial charge in [-0.3, -0.25) is 4.79 Å². The van der Waals surface area contributed by atoms with E-state index in [2.05, 4.69) is 48.6 Å². The smallest absolute Gasteiger partial charge is 0.230 e. The summed E-state index contributed by atoms with van der Waals surface area (Å²) in [6.07, 6.45) is 2.18. The van der Waals surface area contributed by atoms with Crippen LogP contribution >= 0.6 is 11.8 Å². The molecule has 0 radical (unpaired) electrons. The maximum Gasteiger partial charge on any atom is 0.230 e. The minimum absolute atomic E-state index is 0.0635. The molecule has 23 heavy (non-hydrogen) atoms. The normalized spacial score (nSPS) is 11.9. The third-order valence-corrected chi connectivity index (χ3v) is 4.91. The highest BCUT2D eigenvalue weighted by atomic mass is 32.2. The highest BCUT2D eigenvalue weighted by Crippen LogP contribution is 2.17. The fourth-order valence-electron chi connectivity index (χ4n) is 2.62. The van der Waals surface area contributed by atoms with Crippen molar-refractivity contribution in [2.75, 3.05) is 11.5 Å². The number of thioether (sulfide) groups is 1. The molecule has 0 aliphatic carbocycles. The van der Waals surface area contributed by atoms with Gasteiger partial charge in [0.2, 0.25) is 5.91 Å². The highest BCUT2D eigenvalue weighted by Gasteiger charge is 2.11. The summed E-state index contributed by atoms with van der Waals surface area (Å²) >= 11 is 1.71. The van der Waals surface area contributed by atoms with Crippen molar-refractivity contribution in [3.63, 3.8) is 0 Å². The molecule has 0 spiro atoms. The molecule has 1 amide bonds. The summed E-state index contributed by atoms with van der Waals surface area (Å²) in [4.78, 5) is 12.0. The Morgan fingerprint density at radius 2 is 1.78 bits per heavy atom. The number of hydrogen-bond donors (Lipinski definition) is 1. The second-order valence-electron chi connectivity index (χ2n) is 5.79. The van der Waals surface area contributed by atoms with Crippen LogP contribution < -0.4 is 5.32 Å². The van der Waals surface area contributed by atoms with Gasteiger partial charge in [-0.1, -0.05) is 54.6 Å². The van der Waals surface area contributed by atoms with Crippen LogP contribution in [-0.2, 0) is 11.2 Å². The van der Waals surface area contributed by atoms with Crippen molar-refractivity contribution in [2.45, 2.75) is 32.7 Å². The number of rotatable bonds is 8. The Kier molecular flexibility index (Phi) is 7.21. The van der Waals surface area contributed by atoms with Crippen LogP contribution in [0.3, 0.4) is 0 Å². The molecule has 0 saturated carbocycles. The van der Waals surface area contributed by atoms with Crippen molar-refractivity contribution in [2.24, 2.45) is 0 Å². The average Bonchev–Trinajstić information content (AvgIpc) is 2.56. The Bertz CT molecular complexity index is 612. The summed E-state index contributed by atoms with van der Waals surface area (Å²) in [6, 6.07) is 18.8. The van der Waals surface area contributed by atoms with Crippen LogP contribution in [-0.4, -0.2) is 17.4 Å². The highest BCUT2D eigenvalue weighted by molar-refractivity contribution is 7.99. The molecule has 3 heteroatoms. The number of amides is 1. The van der Waals surface area contributed by atoms with Crippen LogP contribution in [0.15, 0.2) is 54.6 Å². The molecule has 2 rings (SSSR count). The lowest BCUT2D eigenvalue weighted by Crippen LogP contribution is -2.28. The van der Waals surface area contributed by atoms with Gasteiger partial charge in [0, 0.05) is 0 Å². The molecule has 0 aliphatic rings. The summed E-state index contributed by atoms with van der Waals surface area (Å²) < 4.78 is 0. The molecule has 0 aliphatic heterocycles. The van der Waals surface area contributed by atoms with Gasteiger partial charge in [-0.05, 0) is 49.1 Å². The van der Waals surface area contributed by atoms with Gasteiger partial charge < -0.3 is 5.32 Å². The first kappa shape index (κ1) is 17.6. The third kappa shape index (κ3) is 6.11. The van der Waals surface area contributed by atoms with Crippen molar-refractivity contribution in [1.82, 2.24) is 5.32 Å². The molecule has 0 unspecified atom stereocenters. The maximum atomic E-state index is 12.0. The number of hydrogen-bond acceptors (Lipinski definition) is 2. The van der Waals surface area contributed by atoms with E-state index in [1.165, 1.54) is 16.7 Å². The molecule has 2 aromatic carbocycles. The van der Waals surface area contributed by atoms with E-state index in [-0.39, 0.29) is 11.9 Å². The van der Waals surface area contributed by atoms with E-state index in [4.69, 9.17) is 0 Å². The zero-order chi connectivity index (χ0) is 16.5. The minimum atomic E-state index is 0.0635. The van der Waals surface area contributed by atoms with Crippen molar-refractivity contribution in [3.05, 3.63) is 71.3 Å². The number of aryl methyl sites for hydroxylation is 2. The second kappa shape index (κ2) is 9.41. The van der Waals surface area contributed by atoms with E-state index in [1.54, 1.807) is 11.8 Å². The van der Waals surface area contributed by atoms with Crippen molar-refractivity contribution < 1.29 is 4.79 Å². The molecular formula is C20H25NOS. The second-order valence-corrected chi connectivity index (χ2v) is 6.89. The Morgan fingerprint density at radius 3 is 2.52 bits per heavy atom. The van der Waals surface area contributed by atoms with E-state index in [1.807, 2.05) is 25.1 Å². The molecule has 0 saturated heterocycles. The van der Waals surface area contributed by atoms with E-state index >= 15 is 0 Å². The first-order chi connectivity index (χ1) is 11.2. The lowest BCUT2D eigenvalue weighted by atomic mass is 10.0. The zero-order valence-corrected chi connectivity index (χ0v) is 14.7. The monoisotopic (exact) mass is 327 g/mol. The summed E-state index contributed by atoms with van der Waals surface area (Å²) in [7, 11) is 0. The van der Waals surface area contributed by atoms with Crippen LogP contribution in [0.1, 0.15) is 36.1 Å². The summed E-state index contributed by atoms with van der Waals surface area (Å²) in [5.41, 5.74) is 3.77. The molecule has 122 valence electrons. The molecule has 0 bridgehead atoms. The van der Waals surface area contributed by atoms with Gasteiger partial charge in [0.15, 0.2) is 0 Å². The fraction of sp³-hybridized carbons (Fsp3) is 0.350. The SMILES string of the molecule is Cc1ccccc1[C@H](C)NC(=O)CSCCCc1ccccc1. The summed E-state index contributed by atoms with van der Waals surface area (Å²) in [5.74, 6) is 1.66. The van der Waals surface area contributed by atoms with Gasteiger partial charge in [-0.15, -0.1) is 0 Å². The maximum absolute atomic E-state index is 12.0. The Labute approximate surface area is 143 Å². The van der Waals surface area contributed by atoms with E-state index in [0.29, 0.717) is 5.75 Å². The molecule has 1 atom stereocenters. The molecule has 0 heterocycles. The standard InChI is InChI=1S/C20H25NOS/c1-16-9-6-7-13-19(16)17(2)21-20(22)15-23-14-8-12-18-10-4-3-5-11-18/h3-7,9-11,13,17H,8,12,14-15H2,1-2H3,(H,21,22)/t17-/m0/s1. The molecule has 0 aromatic heterocycles. The molecule has 0 fully saturated rings. The Balaban J connectivity index is 1.64. The van der Waals surface area contributed by atoms with Crippen molar-refractivity contribution in [1.29, 1.82) is 0 Å². The summed E-state index contributed by atoms with van der Waals surface area (Å²) in [6.45, 7) is 4.12. The van der Waals surface area contributed by atoms with Gasteiger partial charge in [0.05, 0.1) is 11.8 Å². The summed E-state index contributed by atoms with van der Waals surface area (Å²) in [5, 5.41) is 3.09. The average molecular weight is 327 g/mol. The Hall–Kier alpha value is -1.74. The molecular weight excluding hydrogens is 302 g/mol. The first-order valence-corrected chi connectivity index (χ1v) is 9.29. The van der Waals surface area contributed by atoms with Crippen LogP contribution in [0.5, 0.6) is 0 Å². The third-order valence-electron chi connectivity index (χ3n) is 3.86. The van der Waals surface area contributed by atoms with Crippen LogP contribution in [0, 0.1) is 6.92 Å². The number of nitrogens with one attached hydrogen (secondary N) is 1. The number of carbonyl (C=O) groups is 1. The van der Waals surface area contributed by atoms with E-state index < -0.39 is 0 Å². The minimum Gasteiger partial charge on any atom is -0.349 e. The van der Waals surface area contributed by atoms with Gasteiger partial charge >= 0.3 is 0 Å². The quantitative estimate of drug-likeness (QED) is 0.721. The van der Waals surface area contributed by atoms with Crippen molar-refractivity contribution in [3.8, 4) is 0 Å².